The normalized spacial score (nSPS) is 19.1. The van der Waals surface area contributed by atoms with Crippen molar-refractivity contribution in [3.8, 4) is 0 Å². The van der Waals surface area contributed by atoms with Crippen molar-refractivity contribution in [1.82, 2.24) is 4.90 Å². The molecule has 1 fully saturated rings. The van der Waals surface area contributed by atoms with Gasteiger partial charge in [0.2, 0.25) is 0 Å². The summed E-state index contributed by atoms with van der Waals surface area (Å²) in [5, 5.41) is 0. The van der Waals surface area contributed by atoms with Crippen LogP contribution < -0.4 is 0 Å². The summed E-state index contributed by atoms with van der Waals surface area (Å²) in [6.45, 7) is 5.71. The van der Waals surface area contributed by atoms with Crippen molar-refractivity contribution < 1.29 is 9.53 Å². The Hall–Kier alpha value is -0.410. The Morgan fingerprint density at radius 2 is 1.75 bits per heavy atom. The minimum absolute atomic E-state index is 0.205. The summed E-state index contributed by atoms with van der Waals surface area (Å²) in [5.74, 6) is 0.627. The van der Waals surface area contributed by atoms with E-state index in [0.29, 0.717) is 5.78 Å². The molecule has 0 saturated carbocycles. The van der Waals surface area contributed by atoms with Gasteiger partial charge in [0.05, 0.1) is 5.54 Å². The van der Waals surface area contributed by atoms with E-state index in [9.17, 15) is 4.79 Å². The summed E-state index contributed by atoms with van der Waals surface area (Å²) in [7, 11) is 4.04. The van der Waals surface area contributed by atoms with Gasteiger partial charge in [-0.2, -0.15) is 0 Å². The molecule has 0 aromatic rings. The molecule has 0 spiro atoms. The molecule has 1 aliphatic rings. The van der Waals surface area contributed by atoms with E-state index in [2.05, 4.69) is 18.7 Å². The molecular formula is C13H25NO2. The van der Waals surface area contributed by atoms with Gasteiger partial charge in [0.25, 0.3) is 0 Å². The van der Waals surface area contributed by atoms with Crippen LogP contribution in [0, 0.1) is 5.92 Å². The number of carbonyl (C=O) groups excluding carboxylic acids is 1. The van der Waals surface area contributed by atoms with Crippen molar-refractivity contribution in [2.24, 2.45) is 5.92 Å². The van der Waals surface area contributed by atoms with E-state index in [1.807, 2.05) is 14.1 Å². The fourth-order valence-corrected chi connectivity index (χ4v) is 2.79. The van der Waals surface area contributed by atoms with E-state index >= 15 is 0 Å². The van der Waals surface area contributed by atoms with Crippen LogP contribution >= 0.6 is 0 Å². The van der Waals surface area contributed by atoms with Gasteiger partial charge in [-0.05, 0) is 39.8 Å². The molecule has 0 radical (unpaired) electrons. The molecule has 1 heterocycles. The Labute approximate surface area is 99.1 Å². The molecule has 3 nitrogen and oxygen atoms in total. The first-order valence-corrected chi connectivity index (χ1v) is 6.38. The zero-order valence-electron chi connectivity index (χ0n) is 11.1. The van der Waals surface area contributed by atoms with E-state index in [4.69, 9.17) is 4.74 Å². The maximum atomic E-state index is 12.6. The van der Waals surface area contributed by atoms with Crippen LogP contribution in [-0.4, -0.2) is 43.5 Å². The maximum Gasteiger partial charge on any atom is 0.156 e. The lowest BCUT2D eigenvalue weighted by molar-refractivity contribution is -0.137. The largest absolute Gasteiger partial charge is 0.381 e. The Morgan fingerprint density at radius 1 is 1.25 bits per heavy atom. The monoisotopic (exact) mass is 227 g/mol. The maximum absolute atomic E-state index is 12.6. The second kappa shape index (κ2) is 5.78. The average molecular weight is 227 g/mol. The molecule has 0 atom stereocenters. The molecule has 3 heteroatoms. The van der Waals surface area contributed by atoms with Crippen LogP contribution in [0.25, 0.3) is 0 Å². The quantitative estimate of drug-likeness (QED) is 0.720. The fourth-order valence-electron chi connectivity index (χ4n) is 2.79. The number of rotatable bonds is 5. The molecule has 0 N–H and O–H groups in total. The van der Waals surface area contributed by atoms with Gasteiger partial charge in [-0.3, -0.25) is 9.69 Å². The minimum atomic E-state index is -0.262. The third-order valence-corrected chi connectivity index (χ3v) is 4.08. The van der Waals surface area contributed by atoms with Gasteiger partial charge in [-0.15, -0.1) is 0 Å². The van der Waals surface area contributed by atoms with E-state index < -0.39 is 0 Å². The highest BCUT2D eigenvalue weighted by Gasteiger charge is 2.41. The number of nitrogens with zero attached hydrogens (tertiary/aromatic N) is 1. The fraction of sp³-hybridized carbons (Fsp3) is 0.923. The number of ether oxygens (including phenoxy) is 1. The smallest absolute Gasteiger partial charge is 0.156 e. The SMILES string of the molecule is CCC(CC)(C(=O)C1CCOCC1)N(C)C. The van der Waals surface area contributed by atoms with Crippen LogP contribution in [0.4, 0.5) is 0 Å². The highest BCUT2D eigenvalue weighted by molar-refractivity contribution is 5.90. The van der Waals surface area contributed by atoms with Crippen LogP contribution in [0.2, 0.25) is 0 Å². The van der Waals surface area contributed by atoms with Gasteiger partial charge in [-0.25, -0.2) is 0 Å². The van der Waals surface area contributed by atoms with Gasteiger partial charge in [0, 0.05) is 19.1 Å². The summed E-state index contributed by atoms with van der Waals surface area (Å²) in [6.07, 6.45) is 3.59. The predicted molar refractivity (Wildman–Crippen MR) is 65.6 cm³/mol. The summed E-state index contributed by atoms with van der Waals surface area (Å²) in [6, 6.07) is 0. The molecule has 1 saturated heterocycles. The van der Waals surface area contributed by atoms with Crippen LogP contribution in [0.5, 0.6) is 0 Å². The lowest BCUT2D eigenvalue weighted by Gasteiger charge is -2.40. The highest BCUT2D eigenvalue weighted by atomic mass is 16.5. The minimum Gasteiger partial charge on any atom is -0.381 e. The number of ketones is 1. The lowest BCUT2D eigenvalue weighted by atomic mass is 9.78. The van der Waals surface area contributed by atoms with Crippen molar-refractivity contribution in [2.45, 2.75) is 45.1 Å². The number of hydrogen-bond acceptors (Lipinski definition) is 3. The van der Waals surface area contributed by atoms with Crippen molar-refractivity contribution in [3.05, 3.63) is 0 Å². The average Bonchev–Trinajstić information content (AvgIpc) is 2.32. The number of Topliss-reactive ketones (excluding diaryl/α,β-unsaturated/α-hetero) is 1. The Bertz CT molecular complexity index is 228. The van der Waals surface area contributed by atoms with Gasteiger partial charge in [0.1, 0.15) is 0 Å². The summed E-state index contributed by atoms with van der Waals surface area (Å²) >= 11 is 0. The van der Waals surface area contributed by atoms with Gasteiger partial charge in [-0.1, -0.05) is 13.8 Å². The van der Waals surface area contributed by atoms with Crippen LogP contribution in [0.15, 0.2) is 0 Å². The zero-order valence-corrected chi connectivity index (χ0v) is 11.1. The predicted octanol–water partition coefficient (Wildman–Crippen LogP) is 2.10. The first kappa shape index (κ1) is 13.7. The molecule has 0 aliphatic carbocycles. The van der Waals surface area contributed by atoms with Crippen molar-refractivity contribution in [2.75, 3.05) is 27.3 Å². The lowest BCUT2D eigenvalue weighted by Crippen LogP contribution is -2.53. The molecular weight excluding hydrogens is 202 g/mol. The van der Waals surface area contributed by atoms with Crippen LogP contribution in [0.1, 0.15) is 39.5 Å². The Kier molecular flexibility index (Phi) is 4.93. The molecule has 0 aromatic heterocycles. The van der Waals surface area contributed by atoms with Crippen molar-refractivity contribution in [3.63, 3.8) is 0 Å². The summed E-state index contributed by atoms with van der Waals surface area (Å²) in [5.41, 5.74) is -0.262. The molecule has 0 bridgehead atoms. The van der Waals surface area contributed by atoms with Crippen molar-refractivity contribution in [1.29, 1.82) is 0 Å². The van der Waals surface area contributed by atoms with E-state index in [1.165, 1.54) is 0 Å². The zero-order chi connectivity index (χ0) is 12.2. The number of hydrogen-bond donors (Lipinski definition) is 0. The molecule has 0 amide bonds. The molecule has 1 rings (SSSR count). The summed E-state index contributed by atoms with van der Waals surface area (Å²) in [4.78, 5) is 14.7. The van der Waals surface area contributed by atoms with Gasteiger partial charge in [0.15, 0.2) is 5.78 Å². The third kappa shape index (κ3) is 2.46. The molecule has 1 aliphatic heterocycles. The Morgan fingerprint density at radius 3 is 2.12 bits per heavy atom. The third-order valence-electron chi connectivity index (χ3n) is 4.08. The van der Waals surface area contributed by atoms with E-state index in [0.717, 1.165) is 38.9 Å². The number of carbonyl (C=O) groups is 1. The second-order valence-corrected chi connectivity index (χ2v) is 4.88. The van der Waals surface area contributed by atoms with Crippen molar-refractivity contribution >= 4 is 5.78 Å². The molecule has 16 heavy (non-hydrogen) atoms. The number of likely N-dealkylation sites (N-methyl/N-ethyl adjacent to an activating group) is 1. The summed E-state index contributed by atoms with van der Waals surface area (Å²) < 4.78 is 5.32. The molecule has 0 unspecified atom stereocenters. The topological polar surface area (TPSA) is 29.5 Å². The molecule has 0 aromatic carbocycles. The highest BCUT2D eigenvalue weighted by Crippen LogP contribution is 2.30. The second-order valence-electron chi connectivity index (χ2n) is 4.88. The van der Waals surface area contributed by atoms with Crippen LogP contribution in [0.3, 0.4) is 0 Å². The first-order valence-electron chi connectivity index (χ1n) is 6.38. The Balaban J connectivity index is 2.81. The van der Waals surface area contributed by atoms with E-state index in [-0.39, 0.29) is 11.5 Å². The molecule has 94 valence electrons. The van der Waals surface area contributed by atoms with Gasteiger partial charge < -0.3 is 4.74 Å². The van der Waals surface area contributed by atoms with Gasteiger partial charge >= 0.3 is 0 Å². The first-order chi connectivity index (χ1) is 7.58. The van der Waals surface area contributed by atoms with Crippen LogP contribution in [-0.2, 0) is 9.53 Å². The van der Waals surface area contributed by atoms with E-state index in [1.54, 1.807) is 0 Å². The standard InChI is InChI=1S/C13H25NO2/c1-5-13(6-2,14(3)4)12(15)11-7-9-16-10-8-11/h11H,5-10H2,1-4H3.